The van der Waals surface area contributed by atoms with E-state index in [0.717, 1.165) is 5.56 Å². The highest BCUT2D eigenvalue weighted by Crippen LogP contribution is 2.16. The first kappa shape index (κ1) is 14.5. The number of nitrogens with zero attached hydrogens (tertiary/aromatic N) is 1. The SMILES string of the molecule is CC(C)OCC(=O)N(C)Cc1ccc2ccccc2c1. The first-order chi connectivity index (χ1) is 9.56. The Hall–Kier alpha value is -1.87. The van der Waals surface area contributed by atoms with E-state index in [0.29, 0.717) is 6.54 Å². The highest BCUT2D eigenvalue weighted by atomic mass is 16.5. The topological polar surface area (TPSA) is 29.5 Å². The molecule has 0 atom stereocenters. The van der Waals surface area contributed by atoms with Crippen molar-refractivity contribution in [1.29, 1.82) is 0 Å². The van der Waals surface area contributed by atoms with Crippen molar-refractivity contribution in [3.05, 3.63) is 48.0 Å². The van der Waals surface area contributed by atoms with Gasteiger partial charge in [0.25, 0.3) is 0 Å². The summed E-state index contributed by atoms with van der Waals surface area (Å²) in [6.07, 6.45) is 0.0769. The van der Waals surface area contributed by atoms with Crippen LogP contribution in [-0.4, -0.2) is 30.6 Å². The monoisotopic (exact) mass is 271 g/mol. The Morgan fingerprint density at radius 2 is 1.85 bits per heavy atom. The Kier molecular flexibility index (Phi) is 4.74. The maximum Gasteiger partial charge on any atom is 0.248 e. The summed E-state index contributed by atoms with van der Waals surface area (Å²) in [7, 11) is 1.81. The molecule has 20 heavy (non-hydrogen) atoms. The summed E-state index contributed by atoms with van der Waals surface area (Å²) in [4.78, 5) is 13.6. The van der Waals surface area contributed by atoms with Crippen molar-refractivity contribution in [2.24, 2.45) is 0 Å². The van der Waals surface area contributed by atoms with Gasteiger partial charge in [-0.15, -0.1) is 0 Å². The Morgan fingerprint density at radius 1 is 1.15 bits per heavy atom. The number of hydrogen-bond donors (Lipinski definition) is 0. The van der Waals surface area contributed by atoms with Crippen LogP contribution in [0.1, 0.15) is 19.4 Å². The van der Waals surface area contributed by atoms with Gasteiger partial charge in [-0.2, -0.15) is 0 Å². The molecule has 1 amide bonds. The molecule has 2 rings (SSSR count). The number of ether oxygens (including phenoxy) is 1. The van der Waals surface area contributed by atoms with Crippen molar-refractivity contribution < 1.29 is 9.53 Å². The molecule has 0 aliphatic carbocycles. The zero-order valence-corrected chi connectivity index (χ0v) is 12.3. The third kappa shape index (κ3) is 3.81. The van der Waals surface area contributed by atoms with Crippen LogP contribution < -0.4 is 0 Å². The molecule has 0 aliphatic heterocycles. The summed E-state index contributed by atoms with van der Waals surface area (Å²) >= 11 is 0. The fourth-order valence-corrected chi connectivity index (χ4v) is 2.05. The second-order valence-electron chi connectivity index (χ2n) is 5.29. The second kappa shape index (κ2) is 6.53. The number of benzene rings is 2. The lowest BCUT2D eigenvalue weighted by Gasteiger charge is -2.18. The minimum absolute atomic E-state index is 0.00635. The molecule has 0 bridgehead atoms. The van der Waals surface area contributed by atoms with Crippen LogP contribution in [0.15, 0.2) is 42.5 Å². The quantitative estimate of drug-likeness (QED) is 0.835. The highest BCUT2D eigenvalue weighted by Gasteiger charge is 2.10. The average molecular weight is 271 g/mol. The van der Waals surface area contributed by atoms with Gasteiger partial charge in [0.15, 0.2) is 0 Å². The molecular formula is C17H21NO2. The van der Waals surface area contributed by atoms with Crippen LogP contribution >= 0.6 is 0 Å². The zero-order chi connectivity index (χ0) is 14.5. The zero-order valence-electron chi connectivity index (χ0n) is 12.3. The predicted octanol–water partition coefficient (Wildman–Crippen LogP) is 3.22. The summed E-state index contributed by atoms with van der Waals surface area (Å²) in [6.45, 7) is 4.60. The van der Waals surface area contributed by atoms with Crippen LogP contribution in [0.5, 0.6) is 0 Å². The van der Waals surface area contributed by atoms with Crippen LogP contribution in [-0.2, 0) is 16.1 Å². The molecule has 0 N–H and O–H groups in total. The smallest absolute Gasteiger partial charge is 0.248 e. The van der Waals surface area contributed by atoms with Gasteiger partial charge in [0.2, 0.25) is 5.91 Å². The van der Waals surface area contributed by atoms with Gasteiger partial charge in [-0.05, 0) is 36.2 Å². The Balaban J connectivity index is 2.02. The van der Waals surface area contributed by atoms with E-state index < -0.39 is 0 Å². The van der Waals surface area contributed by atoms with Gasteiger partial charge in [0.05, 0.1) is 6.10 Å². The number of amides is 1. The van der Waals surface area contributed by atoms with Gasteiger partial charge >= 0.3 is 0 Å². The van der Waals surface area contributed by atoms with Gasteiger partial charge < -0.3 is 9.64 Å². The molecule has 0 radical (unpaired) electrons. The number of carbonyl (C=O) groups excluding carboxylic acids is 1. The van der Waals surface area contributed by atoms with Gasteiger partial charge in [0, 0.05) is 13.6 Å². The van der Waals surface area contributed by atoms with Crippen LogP contribution in [0.25, 0.3) is 10.8 Å². The van der Waals surface area contributed by atoms with E-state index in [2.05, 4.69) is 30.3 Å². The molecule has 0 unspecified atom stereocenters. The van der Waals surface area contributed by atoms with E-state index in [9.17, 15) is 4.79 Å². The molecule has 2 aromatic carbocycles. The Bertz CT molecular complexity index is 592. The lowest BCUT2D eigenvalue weighted by Crippen LogP contribution is -2.30. The van der Waals surface area contributed by atoms with Gasteiger partial charge in [-0.3, -0.25) is 4.79 Å². The third-order valence-corrected chi connectivity index (χ3v) is 3.20. The summed E-state index contributed by atoms with van der Waals surface area (Å²) in [5, 5.41) is 2.41. The highest BCUT2D eigenvalue weighted by molar-refractivity contribution is 5.83. The molecule has 0 saturated carbocycles. The standard InChI is InChI=1S/C17H21NO2/c1-13(2)20-12-17(19)18(3)11-14-8-9-15-6-4-5-7-16(15)10-14/h4-10,13H,11-12H2,1-3H3. The van der Waals surface area contributed by atoms with E-state index in [1.807, 2.05) is 26.0 Å². The molecule has 0 aliphatic rings. The number of rotatable bonds is 5. The van der Waals surface area contributed by atoms with Crippen molar-refractivity contribution in [3.8, 4) is 0 Å². The maximum absolute atomic E-state index is 11.9. The number of fused-ring (bicyclic) bond motifs is 1. The fraction of sp³-hybridized carbons (Fsp3) is 0.353. The number of carbonyl (C=O) groups is 1. The van der Waals surface area contributed by atoms with E-state index >= 15 is 0 Å². The van der Waals surface area contributed by atoms with Gasteiger partial charge in [-0.1, -0.05) is 36.4 Å². The second-order valence-corrected chi connectivity index (χ2v) is 5.29. The minimum Gasteiger partial charge on any atom is -0.369 e. The van der Waals surface area contributed by atoms with Crippen molar-refractivity contribution in [2.75, 3.05) is 13.7 Å². The molecule has 2 aromatic rings. The minimum atomic E-state index is 0.00635. The molecular weight excluding hydrogens is 250 g/mol. The summed E-state index contributed by atoms with van der Waals surface area (Å²) in [5.41, 5.74) is 1.13. The third-order valence-electron chi connectivity index (χ3n) is 3.20. The lowest BCUT2D eigenvalue weighted by atomic mass is 10.1. The molecule has 0 spiro atoms. The van der Waals surface area contributed by atoms with E-state index in [4.69, 9.17) is 4.74 Å². The van der Waals surface area contributed by atoms with Crippen molar-refractivity contribution in [3.63, 3.8) is 0 Å². The largest absolute Gasteiger partial charge is 0.369 e. The van der Waals surface area contributed by atoms with E-state index in [1.54, 1.807) is 11.9 Å². The van der Waals surface area contributed by atoms with Crippen LogP contribution in [0.3, 0.4) is 0 Å². The number of hydrogen-bond acceptors (Lipinski definition) is 2. The molecule has 0 heterocycles. The normalized spacial score (nSPS) is 11.0. The van der Waals surface area contributed by atoms with Crippen molar-refractivity contribution >= 4 is 16.7 Å². The number of likely N-dealkylation sites (N-methyl/N-ethyl adjacent to an activating group) is 1. The first-order valence-electron chi connectivity index (χ1n) is 6.89. The lowest BCUT2D eigenvalue weighted by molar-refractivity contribution is -0.136. The van der Waals surface area contributed by atoms with Crippen LogP contribution in [0, 0.1) is 0 Å². The van der Waals surface area contributed by atoms with Crippen molar-refractivity contribution in [2.45, 2.75) is 26.5 Å². The van der Waals surface area contributed by atoms with Crippen LogP contribution in [0.4, 0.5) is 0 Å². The predicted molar refractivity (Wildman–Crippen MR) is 81.5 cm³/mol. The molecule has 3 heteroatoms. The molecule has 0 aromatic heterocycles. The maximum atomic E-state index is 11.9. The molecule has 106 valence electrons. The Morgan fingerprint density at radius 3 is 2.55 bits per heavy atom. The van der Waals surface area contributed by atoms with Crippen LogP contribution in [0.2, 0.25) is 0 Å². The summed E-state index contributed by atoms with van der Waals surface area (Å²) in [6, 6.07) is 14.5. The van der Waals surface area contributed by atoms with Gasteiger partial charge in [0.1, 0.15) is 6.61 Å². The summed E-state index contributed by atoms with van der Waals surface area (Å²) < 4.78 is 5.34. The Labute approximate surface area is 120 Å². The molecule has 3 nitrogen and oxygen atoms in total. The van der Waals surface area contributed by atoms with Crippen molar-refractivity contribution in [1.82, 2.24) is 4.90 Å². The first-order valence-corrected chi connectivity index (χ1v) is 6.89. The van der Waals surface area contributed by atoms with Gasteiger partial charge in [-0.25, -0.2) is 0 Å². The average Bonchev–Trinajstić information content (AvgIpc) is 2.44. The summed E-state index contributed by atoms with van der Waals surface area (Å²) in [5.74, 6) is 0.00635. The van der Waals surface area contributed by atoms with E-state index in [1.165, 1.54) is 10.8 Å². The molecule has 0 fully saturated rings. The van der Waals surface area contributed by atoms with E-state index in [-0.39, 0.29) is 18.6 Å². The fourth-order valence-electron chi connectivity index (χ4n) is 2.05. The molecule has 0 saturated heterocycles.